The van der Waals surface area contributed by atoms with Gasteiger partial charge in [-0.05, 0) is 42.9 Å². The van der Waals surface area contributed by atoms with Crippen molar-refractivity contribution in [2.45, 2.75) is 53.2 Å². The first-order valence-corrected chi connectivity index (χ1v) is 10.2. The molecule has 2 N–H and O–H groups in total. The van der Waals surface area contributed by atoms with Crippen molar-refractivity contribution < 1.29 is 14.2 Å². The Morgan fingerprint density at radius 2 is 2.04 bits per heavy atom. The Kier molecular flexibility index (Phi) is 8.42. The van der Waals surface area contributed by atoms with Crippen molar-refractivity contribution in [3.8, 4) is 11.5 Å². The van der Waals surface area contributed by atoms with E-state index in [0.717, 1.165) is 42.6 Å². The van der Waals surface area contributed by atoms with Gasteiger partial charge < -0.3 is 24.8 Å². The Hall–Kier alpha value is -1.95. The topological polar surface area (TPSA) is 64.1 Å². The van der Waals surface area contributed by atoms with Crippen LogP contribution in [0.5, 0.6) is 11.5 Å². The van der Waals surface area contributed by atoms with Gasteiger partial charge in [-0.1, -0.05) is 26.8 Å². The normalized spacial score (nSPS) is 20.6. The first-order valence-electron chi connectivity index (χ1n) is 10.2. The van der Waals surface area contributed by atoms with Crippen molar-refractivity contribution in [2.75, 3.05) is 33.9 Å². The standard InChI is InChI=1S/C22H37N3O3/c1-7-27-18-11-10-16(13-19(18)26-6)14-24-21(23-5)25-15-17-9-8-12-28-20(17)22(2,3)4/h10-11,13,17,20H,7-9,12,14-15H2,1-6H3,(H2,23,24,25). The van der Waals surface area contributed by atoms with Crippen molar-refractivity contribution in [1.82, 2.24) is 10.6 Å². The summed E-state index contributed by atoms with van der Waals surface area (Å²) >= 11 is 0. The Bertz CT molecular complexity index is 640. The van der Waals surface area contributed by atoms with Gasteiger partial charge in [0.2, 0.25) is 0 Å². The number of nitrogens with zero attached hydrogens (tertiary/aromatic N) is 1. The molecule has 0 radical (unpaired) electrons. The number of methoxy groups -OCH3 is 1. The van der Waals surface area contributed by atoms with E-state index in [-0.39, 0.29) is 11.5 Å². The third-order valence-electron chi connectivity index (χ3n) is 5.04. The largest absolute Gasteiger partial charge is 0.493 e. The summed E-state index contributed by atoms with van der Waals surface area (Å²) in [6, 6.07) is 5.98. The molecule has 1 heterocycles. The molecule has 6 heteroatoms. The number of ether oxygens (including phenoxy) is 3. The van der Waals surface area contributed by atoms with E-state index in [2.05, 4.69) is 36.4 Å². The number of hydrogen-bond donors (Lipinski definition) is 2. The molecule has 6 nitrogen and oxygen atoms in total. The monoisotopic (exact) mass is 391 g/mol. The minimum atomic E-state index is 0.141. The predicted molar refractivity (Wildman–Crippen MR) is 114 cm³/mol. The minimum absolute atomic E-state index is 0.141. The fourth-order valence-corrected chi connectivity index (χ4v) is 3.74. The second kappa shape index (κ2) is 10.6. The summed E-state index contributed by atoms with van der Waals surface area (Å²) in [5, 5.41) is 6.86. The van der Waals surface area contributed by atoms with Crippen LogP contribution in [0.4, 0.5) is 0 Å². The van der Waals surface area contributed by atoms with Crippen molar-refractivity contribution in [2.24, 2.45) is 16.3 Å². The highest BCUT2D eigenvalue weighted by molar-refractivity contribution is 5.79. The first-order chi connectivity index (χ1) is 13.4. The number of guanidine groups is 1. The van der Waals surface area contributed by atoms with Crippen LogP contribution in [0.15, 0.2) is 23.2 Å². The molecule has 0 aromatic heterocycles. The summed E-state index contributed by atoms with van der Waals surface area (Å²) in [5.41, 5.74) is 1.25. The van der Waals surface area contributed by atoms with Crippen LogP contribution in [0.1, 0.15) is 46.1 Å². The van der Waals surface area contributed by atoms with Crippen LogP contribution in [0.2, 0.25) is 0 Å². The second-order valence-corrected chi connectivity index (χ2v) is 8.28. The fraction of sp³-hybridized carbons (Fsp3) is 0.682. The molecule has 0 bridgehead atoms. The van der Waals surface area contributed by atoms with Crippen molar-refractivity contribution in [3.63, 3.8) is 0 Å². The van der Waals surface area contributed by atoms with E-state index >= 15 is 0 Å². The maximum absolute atomic E-state index is 6.08. The van der Waals surface area contributed by atoms with Crippen LogP contribution in [-0.2, 0) is 11.3 Å². The van der Waals surface area contributed by atoms with Crippen LogP contribution in [-0.4, -0.2) is 46.0 Å². The second-order valence-electron chi connectivity index (χ2n) is 8.28. The van der Waals surface area contributed by atoms with E-state index in [1.54, 1.807) is 14.2 Å². The zero-order valence-electron chi connectivity index (χ0n) is 18.3. The maximum atomic E-state index is 6.08. The molecular weight excluding hydrogens is 354 g/mol. The Balaban J connectivity index is 1.91. The summed E-state index contributed by atoms with van der Waals surface area (Å²) in [6.45, 7) is 11.7. The van der Waals surface area contributed by atoms with Gasteiger partial charge in [-0.25, -0.2) is 0 Å². The highest BCUT2D eigenvalue weighted by atomic mass is 16.5. The van der Waals surface area contributed by atoms with E-state index < -0.39 is 0 Å². The third kappa shape index (κ3) is 6.30. The average molecular weight is 392 g/mol. The van der Waals surface area contributed by atoms with Gasteiger partial charge in [-0.3, -0.25) is 4.99 Å². The van der Waals surface area contributed by atoms with Gasteiger partial charge in [0, 0.05) is 32.7 Å². The van der Waals surface area contributed by atoms with Crippen molar-refractivity contribution >= 4 is 5.96 Å². The third-order valence-corrected chi connectivity index (χ3v) is 5.04. The molecule has 2 atom stereocenters. The smallest absolute Gasteiger partial charge is 0.191 e. The molecule has 0 spiro atoms. The fourth-order valence-electron chi connectivity index (χ4n) is 3.74. The summed E-state index contributed by atoms with van der Waals surface area (Å²) in [4.78, 5) is 4.36. The molecule has 2 unspecified atom stereocenters. The van der Waals surface area contributed by atoms with Crippen molar-refractivity contribution in [1.29, 1.82) is 0 Å². The highest BCUT2D eigenvalue weighted by Gasteiger charge is 2.35. The van der Waals surface area contributed by atoms with Crippen LogP contribution < -0.4 is 20.1 Å². The van der Waals surface area contributed by atoms with Crippen LogP contribution in [0.3, 0.4) is 0 Å². The van der Waals surface area contributed by atoms with Gasteiger partial charge in [-0.15, -0.1) is 0 Å². The molecular formula is C22H37N3O3. The Morgan fingerprint density at radius 3 is 2.68 bits per heavy atom. The molecule has 1 aliphatic rings. The zero-order chi connectivity index (χ0) is 20.6. The van der Waals surface area contributed by atoms with Crippen LogP contribution >= 0.6 is 0 Å². The molecule has 1 saturated heterocycles. The molecule has 1 aromatic carbocycles. The number of benzene rings is 1. The molecule has 28 heavy (non-hydrogen) atoms. The van der Waals surface area contributed by atoms with E-state index in [9.17, 15) is 0 Å². The zero-order valence-corrected chi connectivity index (χ0v) is 18.3. The first kappa shape index (κ1) is 22.3. The quantitative estimate of drug-likeness (QED) is 0.549. The lowest BCUT2D eigenvalue weighted by Gasteiger charge is -2.40. The van der Waals surface area contributed by atoms with Crippen LogP contribution in [0, 0.1) is 11.3 Å². The van der Waals surface area contributed by atoms with Crippen molar-refractivity contribution in [3.05, 3.63) is 23.8 Å². The van der Waals surface area contributed by atoms with E-state index in [0.29, 0.717) is 19.1 Å². The number of rotatable bonds is 7. The Labute approximate surface area is 170 Å². The summed E-state index contributed by atoms with van der Waals surface area (Å²) < 4.78 is 17.1. The molecule has 2 rings (SSSR count). The number of aliphatic imine (C=N–C) groups is 1. The summed E-state index contributed by atoms with van der Waals surface area (Å²) in [6.07, 6.45) is 2.57. The van der Waals surface area contributed by atoms with Gasteiger partial charge in [0.25, 0.3) is 0 Å². The predicted octanol–water partition coefficient (Wildman–Crippen LogP) is 3.60. The van der Waals surface area contributed by atoms with E-state index in [4.69, 9.17) is 14.2 Å². The average Bonchev–Trinajstić information content (AvgIpc) is 2.68. The molecule has 1 aromatic rings. The molecule has 1 aliphatic heterocycles. The molecule has 0 aliphatic carbocycles. The maximum Gasteiger partial charge on any atom is 0.191 e. The molecule has 158 valence electrons. The lowest BCUT2D eigenvalue weighted by molar-refractivity contribution is -0.0835. The highest BCUT2D eigenvalue weighted by Crippen LogP contribution is 2.33. The van der Waals surface area contributed by atoms with Gasteiger partial charge in [0.1, 0.15) is 0 Å². The lowest BCUT2D eigenvalue weighted by atomic mass is 9.78. The SMILES string of the molecule is CCOc1ccc(CNC(=NC)NCC2CCCOC2C(C)(C)C)cc1OC. The summed E-state index contributed by atoms with van der Waals surface area (Å²) in [7, 11) is 3.46. The Morgan fingerprint density at radius 1 is 1.25 bits per heavy atom. The number of nitrogens with one attached hydrogen (secondary N) is 2. The molecule has 0 amide bonds. The lowest BCUT2D eigenvalue weighted by Crippen LogP contribution is -2.47. The van der Waals surface area contributed by atoms with Crippen LogP contribution in [0.25, 0.3) is 0 Å². The number of hydrogen-bond acceptors (Lipinski definition) is 4. The molecule has 1 fully saturated rings. The summed E-state index contributed by atoms with van der Waals surface area (Å²) in [5.74, 6) is 2.79. The van der Waals surface area contributed by atoms with Gasteiger partial charge >= 0.3 is 0 Å². The van der Waals surface area contributed by atoms with Gasteiger partial charge in [-0.2, -0.15) is 0 Å². The van der Waals surface area contributed by atoms with E-state index in [1.165, 1.54) is 6.42 Å². The minimum Gasteiger partial charge on any atom is -0.493 e. The van der Waals surface area contributed by atoms with E-state index in [1.807, 2.05) is 25.1 Å². The van der Waals surface area contributed by atoms with Gasteiger partial charge in [0.15, 0.2) is 17.5 Å². The molecule has 0 saturated carbocycles. The van der Waals surface area contributed by atoms with Gasteiger partial charge in [0.05, 0.1) is 19.8 Å².